The van der Waals surface area contributed by atoms with E-state index in [0.717, 1.165) is 5.56 Å². The highest BCUT2D eigenvalue weighted by molar-refractivity contribution is 5.35. The normalized spacial score (nSPS) is 22.5. The van der Waals surface area contributed by atoms with Gasteiger partial charge in [-0.05, 0) is 6.92 Å². The Morgan fingerprint density at radius 3 is 3.07 bits per heavy atom. The summed E-state index contributed by atoms with van der Waals surface area (Å²) in [5.41, 5.74) is 6.64. The molecule has 0 radical (unpaired) electrons. The fourth-order valence-electron chi connectivity index (χ4n) is 1.48. The first kappa shape index (κ1) is 9.48. The van der Waals surface area contributed by atoms with Crippen LogP contribution in [-0.2, 0) is 16.0 Å². The molecule has 1 atom stereocenters. The number of nitrogen functional groups attached to an aromatic ring is 1. The smallest absolute Gasteiger partial charge is 0.148 e. The molecule has 2 N–H and O–H groups in total. The lowest BCUT2D eigenvalue weighted by atomic mass is 10.3. The zero-order valence-corrected chi connectivity index (χ0v) is 8.27. The van der Waals surface area contributed by atoms with Crippen LogP contribution in [0.4, 0.5) is 5.82 Å². The number of nitrogens with zero attached hydrogens (tertiary/aromatic N) is 2. The van der Waals surface area contributed by atoms with Crippen molar-refractivity contribution in [1.29, 1.82) is 0 Å². The van der Waals surface area contributed by atoms with E-state index in [1.165, 1.54) is 0 Å². The van der Waals surface area contributed by atoms with Gasteiger partial charge in [-0.1, -0.05) is 0 Å². The second-order valence-corrected chi connectivity index (χ2v) is 3.49. The number of aryl methyl sites for hydroxylation is 1. The lowest BCUT2D eigenvalue weighted by molar-refractivity contribution is -0.0946. The third-order valence-electron chi connectivity index (χ3n) is 2.26. The standard InChI is InChI=1S/C9H15N3O2/c1-7-4-12(11-9(7)10)5-8-6-13-2-3-14-8/h4,8H,2-3,5-6H2,1H3,(H2,10,11). The fourth-order valence-corrected chi connectivity index (χ4v) is 1.48. The van der Waals surface area contributed by atoms with Crippen LogP contribution in [0.25, 0.3) is 0 Å². The Bertz CT molecular complexity index is 286. The molecule has 0 aliphatic carbocycles. The molecular formula is C9H15N3O2. The molecule has 1 unspecified atom stereocenters. The fraction of sp³-hybridized carbons (Fsp3) is 0.667. The molecular weight excluding hydrogens is 182 g/mol. The summed E-state index contributed by atoms with van der Waals surface area (Å²) < 4.78 is 12.6. The van der Waals surface area contributed by atoms with E-state index in [9.17, 15) is 0 Å². The first-order chi connectivity index (χ1) is 6.75. The Morgan fingerprint density at radius 1 is 1.64 bits per heavy atom. The maximum absolute atomic E-state index is 5.64. The highest BCUT2D eigenvalue weighted by Gasteiger charge is 2.15. The predicted molar refractivity (Wildman–Crippen MR) is 51.9 cm³/mol. The molecule has 0 bridgehead atoms. The van der Waals surface area contributed by atoms with Gasteiger partial charge < -0.3 is 15.2 Å². The summed E-state index contributed by atoms with van der Waals surface area (Å²) in [6.07, 6.45) is 2.02. The first-order valence-electron chi connectivity index (χ1n) is 4.74. The van der Waals surface area contributed by atoms with E-state index in [1.54, 1.807) is 0 Å². The average Bonchev–Trinajstić information content (AvgIpc) is 2.47. The second kappa shape index (κ2) is 3.98. The third kappa shape index (κ3) is 2.05. The van der Waals surface area contributed by atoms with Crippen LogP contribution in [-0.4, -0.2) is 35.7 Å². The molecule has 0 spiro atoms. The molecule has 78 valence electrons. The largest absolute Gasteiger partial charge is 0.382 e. The summed E-state index contributed by atoms with van der Waals surface area (Å²) in [5.74, 6) is 0.585. The topological polar surface area (TPSA) is 62.3 Å². The lowest BCUT2D eigenvalue weighted by Crippen LogP contribution is -2.32. The average molecular weight is 197 g/mol. The maximum atomic E-state index is 5.64. The van der Waals surface area contributed by atoms with E-state index in [4.69, 9.17) is 15.2 Å². The minimum atomic E-state index is 0.0995. The van der Waals surface area contributed by atoms with Gasteiger partial charge >= 0.3 is 0 Å². The predicted octanol–water partition coefficient (Wildman–Crippen LogP) is 0.189. The van der Waals surface area contributed by atoms with Gasteiger partial charge in [0.2, 0.25) is 0 Å². The Kier molecular flexibility index (Phi) is 2.69. The van der Waals surface area contributed by atoms with E-state index >= 15 is 0 Å². The maximum Gasteiger partial charge on any atom is 0.148 e. The molecule has 0 aromatic carbocycles. The molecule has 5 heteroatoms. The van der Waals surface area contributed by atoms with Crippen LogP contribution < -0.4 is 5.73 Å². The van der Waals surface area contributed by atoms with Crippen LogP contribution in [0, 0.1) is 6.92 Å². The molecule has 1 aromatic heterocycles. The van der Waals surface area contributed by atoms with Crippen molar-refractivity contribution in [3.63, 3.8) is 0 Å². The summed E-state index contributed by atoms with van der Waals surface area (Å²) in [6, 6.07) is 0. The number of ether oxygens (including phenoxy) is 2. The molecule has 2 heterocycles. The van der Waals surface area contributed by atoms with Gasteiger partial charge in [0.15, 0.2) is 0 Å². The quantitative estimate of drug-likeness (QED) is 0.735. The van der Waals surface area contributed by atoms with Crippen LogP contribution in [0.2, 0.25) is 0 Å². The zero-order chi connectivity index (χ0) is 9.97. The van der Waals surface area contributed by atoms with Crippen molar-refractivity contribution in [3.8, 4) is 0 Å². The molecule has 0 amide bonds. The SMILES string of the molecule is Cc1cn(CC2COCCO2)nc1N. The lowest BCUT2D eigenvalue weighted by Gasteiger charge is -2.22. The van der Waals surface area contributed by atoms with Gasteiger partial charge in [-0.3, -0.25) is 4.68 Å². The van der Waals surface area contributed by atoms with E-state index in [1.807, 2.05) is 17.8 Å². The molecule has 14 heavy (non-hydrogen) atoms. The molecule has 1 aromatic rings. The number of anilines is 1. The summed E-state index contributed by atoms with van der Waals surface area (Å²) in [5, 5.41) is 4.16. The van der Waals surface area contributed by atoms with Crippen molar-refractivity contribution in [2.45, 2.75) is 19.6 Å². The third-order valence-corrected chi connectivity index (χ3v) is 2.26. The summed E-state index contributed by atoms with van der Waals surface area (Å²) in [6.45, 7) is 4.64. The van der Waals surface area contributed by atoms with Gasteiger partial charge in [0, 0.05) is 11.8 Å². The van der Waals surface area contributed by atoms with Gasteiger partial charge in [0.1, 0.15) is 11.9 Å². The number of hydrogen-bond donors (Lipinski definition) is 1. The van der Waals surface area contributed by atoms with Gasteiger partial charge in [0.25, 0.3) is 0 Å². The zero-order valence-electron chi connectivity index (χ0n) is 8.27. The van der Waals surface area contributed by atoms with Crippen LogP contribution in [0.15, 0.2) is 6.20 Å². The minimum absolute atomic E-state index is 0.0995. The van der Waals surface area contributed by atoms with Crippen molar-refractivity contribution in [3.05, 3.63) is 11.8 Å². The Hall–Kier alpha value is -1.07. The second-order valence-electron chi connectivity index (χ2n) is 3.49. The molecule has 2 rings (SSSR count). The number of aromatic nitrogens is 2. The van der Waals surface area contributed by atoms with E-state index in [0.29, 0.717) is 32.2 Å². The number of nitrogens with two attached hydrogens (primary N) is 1. The van der Waals surface area contributed by atoms with Gasteiger partial charge in [-0.25, -0.2) is 0 Å². The Labute approximate surface area is 82.8 Å². The highest BCUT2D eigenvalue weighted by Crippen LogP contribution is 2.09. The summed E-state index contributed by atoms with van der Waals surface area (Å²) in [4.78, 5) is 0. The van der Waals surface area contributed by atoms with Crippen molar-refractivity contribution >= 4 is 5.82 Å². The number of rotatable bonds is 2. The minimum Gasteiger partial charge on any atom is -0.382 e. The Balaban J connectivity index is 1.95. The van der Waals surface area contributed by atoms with E-state index in [2.05, 4.69) is 5.10 Å². The molecule has 1 aliphatic heterocycles. The summed E-state index contributed by atoms with van der Waals surface area (Å²) in [7, 11) is 0. The monoisotopic (exact) mass is 197 g/mol. The highest BCUT2D eigenvalue weighted by atomic mass is 16.6. The van der Waals surface area contributed by atoms with Crippen LogP contribution in [0.3, 0.4) is 0 Å². The van der Waals surface area contributed by atoms with Gasteiger partial charge in [-0.2, -0.15) is 5.10 Å². The van der Waals surface area contributed by atoms with Crippen LogP contribution >= 0.6 is 0 Å². The molecule has 1 aliphatic rings. The molecule has 0 saturated carbocycles. The van der Waals surface area contributed by atoms with E-state index < -0.39 is 0 Å². The van der Waals surface area contributed by atoms with Crippen LogP contribution in [0.1, 0.15) is 5.56 Å². The molecule has 5 nitrogen and oxygen atoms in total. The van der Waals surface area contributed by atoms with Crippen molar-refractivity contribution in [1.82, 2.24) is 9.78 Å². The summed E-state index contributed by atoms with van der Waals surface area (Å²) >= 11 is 0. The Morgan fingerprint density at radius 2 is 2.50 bits per heavy atom. The number of hydrogen-bond acceptors (Lipinski definition) is 4. The van der Waals surface area contributed by atoms with Crippen molar-refractivity contribution < 1.29 is 9.47 Å². The molecule has 1 saturated heterocycles. The first-order valence-corrected chi connectivity index (χ1v) is 4.74. The van der Waals surface area contributed by atoms with Gasteiger partial charge in [-0.15, -0.1) is 0 Å². The van der Waals surface area contributed by atoms with Crippen molar-refractivity contribution in [2.75, 3.05) is 25.6 Å². The van der Waals surface area contributed by atoms with E-state index in [-0.39, 0.29) is 6.10 Å². The van der Waals surface area contributed by atoms with Crippen molar-refractivity contribution in [2.24, 2.45) is 0 Å². The molecule has 1 fully saturated rings. The van der Waals surface area contributed by atoms with Gasteiger partial charge in [0.05, 0.1) is 26.4 Å². The van der Waals surface area contributed by atoms with Crippen LogP contribution in [0.5, 0.6) is 0 Å².